The molecule has 1 amide bonds. The van der Waals surface area contributed by atoms with Crippen LogP contribution < -0.4 is 5.32 Å². The molecule has 7 heteroatoms. The smallest absolute Gasteiger partial charge is 0.337 e. The number of pyridine rings is 1. The summed E-state index contributed by atoms with van der Waals surface area (Å²) in [5.41, 5.74) is 2.53. The molecule has 0 spiro atoms. The van der Waals surface area contributed by atoms with Crippen LogP contribution in [-0.4, -0.2) is 66.5 Å². The predicted octanol–water partition coefficient (Wildman–Crippen LogP) is 2.39. The van der Waals surface area contributed by atoms with E-state index in [1.165, 1.54) is 7.11 Å². The first-order valence-electron chi connectivity index (χ1n) is 9.04. The van der Waals surface area contributed by atoms with Crippen LogP contribution in [0.3, 0.4) is 0 Å². The van der Waals surface area contributed by atoms with Gasteiger partial charge in [-0.3, -0.25) is 4.79 Å². The first-order chi connectivity index (χ1) is 13.1. The van der Waals surface area contributed by atoms with Crippen molar-refractivity contribution in [2.45, 2.75) is 6.92 Å². The van der Waals surface area contributed by atoms with Gasteiger partial charge in [-0.2, -0.15) is 0 Å². The minimum atomic E-state index is -0.370. The molecule has 0 bridgehead atoms. The number of carbonyl (C=O) groups is 2. The quantitative estimate of drug-likeness (QED) is 0.817. The van der Waals surface area contributed by atoms with Crippen molar-refractivity contribution in [3.8, 4) is 0 Å². The summed E-state index contributed by atoms with van der Waals surface area (Å²) in [7, 11) is 1.35. The standard InChI is InChI=1S/C20H24N4O3/c1-3-23-10-12-24(13-11-23)19(25)18-9-8-17(14-21-18)22-16-6-4-15(5-7-16)20(26)27-2/h4-9,14,22H,3,10-13H2,1-2H3. The number of nitrogens with one attached hydrogen (secondary N) is 1. The Kier molecular flexibility index (Phi) is 6.03. The molecule has 1 aliphatic rings. The molecule has 1 fully saturated rings. The Hall–Kier alpha value is -2.93. The van der Waals surface area contributed by atoms with Gasteiger partial charge in [0.1, 0.15) is 5.69 Å². The van der Waals surface area contributed by atoms with Gasteiger partial charge in [0, 0.05) is 31.9 Å². The van der Waals surface area contributed by atoms with Gasteiger partial charge in [-0.15, -0.1) is 0 Å². The third kappa shape index (κ3) is 4.62. The minimum Gasteiger partial charge on any atom is -0.465 e. The summed E-state index contributed by atoms with van der Waals surface area (Å²) in [5, 5.41) is 3.20. The highest BCUT2D eigenvalue weighted by molar-refractivity contribution is 5.92. The number of piperazine rings is 1. The first-order valence-corrected chi connectivity index (χ1v) is 9.04. The van der Waals surface area contributed by atoms with Gasteiger partial charge >= 0.3 is 5.97 Å². The van der Waals surface area contributed by atoms with Crippen molar-refractivity contribution in [3.63, 3.8) is 0 Å². The number of amides is 1. The second-order valence-corrected chi connectivity index (χ2v) is 6.35. The van der Waals surface area contributed by atoms with Crippen LogP contribution in [0.1, 0.15) is 27.8 Å². The second-order valence-electron chi connectivity index (χ2n) is 6.35. The number of esters is 1. The summed E-state index contributed by atoms with van der Waals surface area (Å²) in [6, 6.07) is 10.5. The van der Waals surface area contributed by atoms with Gasteiger partial charge in [-0.1, -0.05) is 6.92 Å². The van der Waals surface area contributed by atoms with E-state index >= 15 is 0 Å². The zero-order chi connectivity index (χ0) is 19.2. The first kappa shape index (κ1) is 18.8. The lowest BCUT2D eigenvalue weighted by Gasteiger charge is -2.33. The highest BCUT2D eigenvalue weighted by Gasteiger charge is 2.22. The fourth-order valence-corrected chi connectivity index (χ4v) is 3.00. The van der Waals surface area contributed by atoms with E-state index in [1.54, 1.807) is 36.5 Å². The molecule has 0 unspecified atom stereocenters. The molecule has 0 radical (unpaired) electrons. The van der Waals surface area contributed by atoms with Crippen molar-refractivity contribution < 1.29 is 14.3 Å². The molecular weight excluding hydrogens is 344 g/mol. The number of likely N-dealkylation sites (N-methyl/N-ethyl adjacent to an activating group) is 1. The number of ether oxygens (including phenoxy) is 1. The van der Waals surface area contributed by atoms with Gasteiger partial charge in [0.25, 0.3) is 5.91 Å². The Labute approximate surface area is 158 Å². The van der Waals surface area contributed by atoms with Gasteiger partial charge in [0.2, 0.25) is 0 Å². The van der Waals surface area contributed by atoms with Crippen molar-refractivity contribution in [2.75, 3.05) is 45.2 Å². The third-order valence-electron chi connectivity index (χ3n) is 4.68. The zero-order valence-electron chi connectivity index (χ0n) is 15.6. The number of carbonyl (C=O) groups excluding carboxylic acids is 2. The van der Waals surface area contributed by atoms with Crippen LogP contribution in [0.5, 0.6) is 0 Å². The summed E-state index contributed by atoms with van der Waals surface area (Å²) in [6.45, 7) is 6.43. The highest BCUT2D eigenvalue weighted by atomic mass is 16.5. The molecule has 0 aliphatic carbocycles. The van der Waals surface area contributed by atoms with Crippen molar-refractivity contribution in [1.29, 1.82) is 0 Å². The highest BCUT2D eigenvalue weighted by Crippen LogP contribution is 2.17. The van der Waals surface area contributed by atoms with E-state index < -0.39 is 0 Å². The van der Waals surface area contributed by atoms with E-state index in [0.717, 1.165) is 44.1 Å². The van der Waals surface area contributed by atoms with E-state index in [-0.39, 0.29) is 11.9 Å². The molecule has 1 saturated heterocycles. The van der Waals surface area contributed by atoms with E-state index in [2.05, 4.69) is 26.9 Å². The lowest BCUT2D eigenvalue weighted by Crippen LogP contribution is -2.48. The summed E-state index contributed by atoms with van der Waals surface area (Å²) in [4.78, 5) is 32.5. The summed E-state index contributed by atoms with van der Waals surface area (Å²) < 4.78 is 4.68. The average Bonchev–Trinajstić information content (AvgIpc) is 2.74. The zero-order valence-corrected chi connectivity index (χ0v) is 15.6. The molecule has 7 nitrogen and oxygen atoms in total. The van der Waals surface area contributed by atoms with Crippen LogP contribution in [0.2, 0.25) is 0 Å². The molecule has 27 heavy (non-hydrogen) atoms. The van der Waals surface area contributed by atoms with Gasteiger partial charge in [0.05, 0.1) is 24.6 Å². The summed E-state index contributed by atoms with van der Waals surface area (Å²) in [5.74, 6) is -0.398. The molecule has 1 aromatic heterocycles. The summed E-state index contributed by atoms with van der Waals surface area (Å²) >= 11 is 0. The molecule has 142 valence electrons. The van der Waals surface area contributed by atoms with Crippen molar-refractivity contribution in [1.82, 2.24) is 14.8 Å². The molecule has 1 N–H and O–H groups in total. The van der Waals surface area contributed by atoms with Crippen LogP contribution in [0, 0.1) is 0 Å². The Balaban J connectivity index is 1.60. The van der Waals surface area contributed by atoms with E-state index in [0.29, 0.717) is 11.3 Å². The maximum atomic E-state index is 12.6. The maximum Gasteiger partial charge on any atom is 0.337 e. The van der Waals surface area contributed by atoms with Crippen molar-refractivity contribution >= 4 is 23.3 Å². The SMILES string of the molecule is CCN1CCN(C(=O)c2ccc(Nc3ccc(C(=O)OC)cc3)cn2)CC1. The monoisotopic (exact) mass is 368 g/mol. The fourth-order valence-electron chi connectivity index (χ4n) is 3.00. The van der Waals surface area contributed by atoms with Crippen LogP contribution in [0.15, 0.2) is 42.6 Å². The maximum absolute atomic E-state index is 12.6. The van der Waals surface area contributed by atoms with E-state index in [4.69, 9.17) is 0 Å². The minimum absolute atomic E-state index is 0.0280. The van der Waals surface area contributed by atoms with Crippen molar-refractivity contribution in [2.24, 2.45) is 0 Å². The molecule has 1 aliphatic heterocycles. The fraction of sp³-hybridized carbons (Fsp3) is 0.350. The van der Waals surface area contributed by atoms with E-state index in [9.17, 15) is 9.59 Å². The lowest BCUT2D eigenvalue weighted by molar-refractivity contribution is 0.0599. The number of anilines is 2. The van der Waals surface area contributed by atoms with E-state index in [1.807, 2.05) is 11.0 Å². The molecule has 3 rings (SSSR count). The molecule has 1 aromatic carbocycles. The average molecular weight is 368 g/mol. The molecule has 0 saturated carbocycles. The Morgan fingerprint density at radius 1 is 1.04 bits per heavy atom. The number of hydrogen-bond donors (Lipinski definition) is 1. The topological polar surface area (TPSA) is 74.8 Å². The Morgan fingerprint density at radius 3 is 2.26 bits per heavy atom. The molecule has 2 aromatic rings. The van der Waals surface area contributed by atoms with Gasteiger partial charge in [-0.25, -0.2) is 9.78 Å². The Bertz CT molecular complexity index is 782. The summed E-state index contributed by atoms with van der Waals surface area (Å²) in [6.07, 6.45) is 1.64. The normalized spacial score (nSPS) is 14.7. The van der Waals surface area contributed by atoms with Gasteiger partial charge in [0.15, 0.2) is 0 Å². The lowest BCUT2D eigenvalue weighted by atomic mass is 10.2. The largest absolute Gasteiger partial charge is 0.465 e. The number of nitrogens with zero attached hydrogens (tertiary/aromatic N) is 3. The van der Waals surface area contributed by atoms with Crippen LogP contribution in [0.25, 0.3) is 0 Å². The van der Waals surface area contributed by atoms with Crippen molar-refractivity contribution in [3.05, 3.63) is 53.9 Å². The number of methoxy groups -OCH3 is 1. The number of benzene rings is 1. The van der Waals surface area contributed by atoms with Crippen LogP contribution in [-0.2, 0) is 4.74 Å². The van der Waals surface area contributed by atoms with Crippen LogP contribution >= 0.6 is 0 Å². The van der Waals surface area contributed by atoms with Crippen LogP contribution in [0.4, 0.5) is 11.4 Å². The van der Waals surface area contributed by atoms with Gasteiger partial charge in [-0.05, 0) is 42.9 Å². The number of aromatic nitrogens is 1. The second kappa shape index (κ2) is 8.64. The van der Waals surface area contributed by atoms with Gasteiger partial charge < -0.3 is 19.9 Å². The molecule has 0 atom stereocenters. The molecule has 2 heterocycles. The predicted molar refractivity (Wildman–Crippen MR) is 103 cm³/mol. The molecular formula is C20H24N4O3. The number of rotatable bonds is 5. The Morgan fingerprint density at radius 2 is 1.70 bits per heavy atom. The third-order valence-corrected chi connectivity index (χ3v) is 4.68. The number of hydrogen-bond acceptors (Lipinski definition) is 6.